The van der Waals surface area contributed by atoms with Gasteiger partial charge in [0.25, 0.3) is 0 Å². The number of carbonyl (C=O) groups is 1. The van der Waals surface area contributed by atoms with Crippen LogP contribution >= 0.6 is 0 Å². The van der Waals surface area contributed by atoms with Gasteiger partial charge in [-0.25, -0.2) is 0 Å². The number of ketones is 1. The van der Waals surface area contributed by atoms with Crippen molar-refractivity contribution in [2.24, 2.45) is 4.99 Å². The van der Waals surface area contributed by atoms with E-state index in [1.54, 1.807) is 12.1 Å². The molecule has 0 saturated carbocycles. The summed E-state index contributed by atoms with van der Waals surface area (Å²) in [6, 6.07) is 3.36. The van der Waals surface area contributed by atoms with E-state index in [0.717, 1.165) is 10.3 Å². The molecule has 0 amide bonds. The number of pyridine rings is 1. The predicted octanol–water partition coefficient (Wildman–Crippen LogP) is 2.40. The average Bonchev–Trinajstić information content (AvgIpc) is 2.35. The lowest BCUT2D eigenvalue weighted by Gasteiger charge is -2.00. The molecule has 0 bridgehead atoms. The first-order chi connectivity index (χ1) is 9.28. The van der Waals surface area contributed by atoms with E-state index in [0.29, 0.717) is 18.0 Å². The first kappa shape index (κ1) is 16.0. The second-order valence-electron chi connectivity index (χ2n) is 4.23. The van der Waals surface area contributed by atoms with E-state index in [1.807, 2.05) is 6.92 Å². The molecule has 20 heavy (non-hydrogen) atoms. The van der Waals surface area contributed by atoms with Crippen molar-refractivity contribution in [3.63, 3.8) is 0 Å². The first-order valence-corrected chi connectivity index (χ1v) is 5.96. The van der Waals surface area contributed by atoms with Gasteiger partial charge in [-0.15, -0.1) is 0 Å². The zero-order valence-corrected chi connectivity index (χ0v) is 10.9. The zero-order chi connectivity index (χ0) is 15.2. The Hall–Kier alpha value is -2.05. The van der Waals surface area contributed by atoms with Crippen molar-refractivity contribution in [1.82, 2.24) is 4.73 Å². The highest BCUT2D eigenvalue weighted by Crippen LogP contribution is 2.15. The molecule has 0 aliphatic carbocycles. The van der Waals surface area contributed by atoms with Gasteiger partial charge in [-0.05, 0) is 37.1 Å². The van der Waals surface area contributed by atoms with Crippen molar-refractivity contribution in [2.45, 2.75) is 25.9 Å². The Labute approximate surface area is 113 Å². The number of allylic oxidation sites excluding steroid dienone is 2. The third kappa shape index (κ3) is 6.21. The molecule has 0 spiro atoms. The number of rotatable bonds is 5. The summed E-state index contributed by atoms with van der Waals surface area (Å²) in [4.78, 5) is 15.2. The minimum Gasteiger partial charge on any atom is -0.427 e. The third-order valence-corrected chi connectivity index (χ3v) is 2.38. The molecule has 1 aromatic heterocycles. The number of hydrogen-bond donors (Lipinski definition) is 1. The lowest BCUT2D eigenvalue weighted by atomic mass is 10.2. The van der Waals surface area contributed by atoms with E-state index < -0.39 is 12.0 Å². The maximum absolute atomic E-state index is 11.8. The Bertz CT molecular complexity index is 559. The monoisotopic (exact) mass is 288 g/mol. The van der Waals surface area contributed by atoms with Crippen molar-refractivity contribution in [1.29, 1.82) is 0 Å². The van der Waals surface area contributed by atoms with Gasteiger partial charge in [0.15, 0.2) is 11.3 Å². The molecule has 0 aliphatic heterocycles. The molecule has 1 heterocycles. The zero-order valence-electron chi connectivity index (χ0n) is 10.9. The molecule has 1 rings (SSSR count). The van der Waals surface area contributed by atoms with Gasteiger partial charge < -0.3 is 5.21 Å². The van der Waals surface area contributed by atoms with Gasteiger partial charge in [0.05, 0.1) is 0 Å². The molecule has 1 N–H and O–H groups in total. The van der Waals surface area contributed by atoms with Crippen molar-refractivity contribution in [3.8, 4) is 0 Å². The van der Waals surface area contributed by atoms with E-state index in [4.69, 9.17) is 0 Å². The summed E-state index contributed by atoms with van der Waals surface area (Å²) in [6.07, 6.45) is -2.29. The number of aryl methyl sites for hydroxylation is 1. The van der Waals surface area contributed by atoms with Gasteiger partial charge >= 0.3 is 6.18 Å². The largest absolute Gasteiger partial charge is 0.427 e. The van der Waals surface area contributed by atoms with Crippen LogP contribution in [0.15, 0.2) is 35.5 Å². The number of alkyl halides is 3. The van der Waals surface area contributed by atoms with Crippen LogP contribution in [-0.4, -0.2) is 28.4 Å². The molecule has 1 aromatic rings. The van der Waals surface area contributed by atoms with E-state index in [2.05, 4.69) is 4.99 Å². The normalized spacial score (nSPS) is 13.1. The molecule has 0 radical (unpaired) electrons. The second-order valence-corrected chi connectivity index (χ2v) is 4.23. The minimum atomic E-state index is -4.47. The van der Waals surface area contributed by atoms with Gasteiger partial charge in [0.2, 0.25) is 0 Å². The van der Waals surface area contributed by atoms with Crippen molar-refractivity contribution in [3.05, 3.63) is 41.5 Å². The third-order valence-electron chi connectivity index (χ3n) is 2.38. The highest BCUT2D eigenvalue weighted by atomic mass is 19.4. The Morgan fingerprint density at radius 2 is 2.20 bits per heavy atom. The highest BCUT2D eigenvalue weighted by molar-refractivity contribution is 5.89. The van der Waals surface area contributed by atoms with Crippen LogP contribution < -0.4 is 5.49 Å². The molecule has 4 nitrogen and oxygen atoms in total. The summed E-state index contributed by atoms with van der Waals surface area (Å²) < 4.78 is 36.3. The van der Waals surface area contributed by atoms with E-state index in [9.17, 15) is 23.2 Å². The molecule has 0 aliphatic rings. The number of halogens is 3. The van der Waals surface area contributed by atoms with Crippen LogP contribution in [0.1, 0.15) is 18.4 Å². The van der Waals surface area contributed by atoms with Gasteiger partial charge in [-0.3, -0.25) is 9.79 Å². The summed E-state index contributed by atoms with van der Waals surface area (Å²) in [7, 11) is 0. The van der Waals surface area contributed by atoms with Crippen molar-refractivity contribution < 1.29 is 23.2 Å². The van der Waals surface area contributed by atoms with Crippen LogP contribution in [-0.2, 0) is 4.79 Å². The van der Waals surface area contributed by atoms with Gasteiger partial charge in [0.1, 0.15) is 0 Å². The summed E-state index contributed by atoms with van der Waals surface area (Å²) in [6.45, 7) is 2.08. The quantitative estimate of drug-likeness (QED) is 0.514. The molecule has 110 valence electrons. The number of hydrogen-bond acceptors (Lipinski definition) is 3. The van der Waals surface area contributed by atoms with Crippen LogP contribution in [0.2, 0.25) is 0 Å². The lowest BCUT2D eigenvalue weighted by molar-refractivity contribution is -0.115. The second kappa shape index (κ2) is 6.93. The lowest BCUT2D eigenvalue weighted by Crippen LogP contribution is -2.18. The maximum Gasteiger partial charge on any atom is 0.409 e. The molecule has 0 atom stereocenters. The SMILES string of the molecule is Cc1ccn(O)c(=NCCCC(=O)/C=C/C(F)(F)F)c1. The summed E-state index contributed by atoms with van der Waals surface area (Å²) >= 11 is 0. The standard InChI is InChI=1S/C13H15F3N2O2/c1-10-5-8-18(20)12(9-10)17-7-2-3-11(19)4-6-13(14,15)16/h4-6,8-9,20H,2-3,7H2,1H3/b6-4+,17-12?. The number of aromatic nitrogens is 1. The summed E-state index contributed by atoms with van der Waals surface area (Å²) in [5.41, 5.74) is 1.25. The maximum atomic E-state index is 11.8. The minimum absolute atomic E-state index is 0.0205. The Kier molecular flexibility index (Phi) is 5.54. The van der Waals surface area contributed by atoms with Gasteiger partial charge in [-0.1, -0.05) is 0 Å². The van der Waals surface area contributed by atoms with Crippen molar-refractivity contribution in [2.75, 3.05) is 6.54 Å². The van der Waals surface area contributed by atoms with Crippen molar-refractivity contribution >= 4 is 5.78 Å². The fourth-order valence-corrected chi connectivity index (χ4v) is 1.42. The van der Waals surface area contributed by atoms with Crippen LogP contribution in [0.5, 0.6) is 0 Å². The molecule has 0 fully saturated rings. The van der Waals surface area contributed by atoms with E-state index in [-0.39, 0.29) is 19.0 Å². The molecular formula is C13H15F3N2O2. The van der Waals surface area contributed by atoms with Crippen LogP contribution in [0.4, 0.5) is 13.2 Å². The molecule has 0 saturated heterocycles. The highest BCUT2D eigenvalue weighted by Gasteiger charge is 2.22. The topological polar surface area (TPSA) is 54.6 Å². The van der Waals surface area contributed by atoms with Gasteiger partial charge in [0, 0.05) is 25.2 Å². The molecule has 0 unspecified atom stereocenters. The van der Waals surface area contributed by atoms with Gasteiger partial charge in [-0.2, -0.15) is 17.9 Å². The molecule has 7 heteroatoms. The summed E-state index contributed by atoms with van der Waals surface area (Å²) in [5.74, 6) is -0.598. The summed E-state index contributed by atoms with van der Waals surface area (Å²) in [5, 5.41) is 9.44. The average molecular weight is 288 g/mol. The van der Waals surface area contributed by atoms with E-state index in [1.165, 1.54) is 6.20 Å². The number of nitrogens with zero attached hydrogens (tertiary/aromatic N) is 2. The van der Waals surface area contributed by atoms with Crippen LogP contribution in [0.3, 0.4) is 0 Å². The van der Waals surface area contributed by atoms with E-state index >= 15 is 0 Å². The molecule has 0 aromatic carbocycles. The molecular weight excluding hydrogens is 273 g/mol. The fraction of sp³-hybridized carbons (Fsp3) is 0.385. The van der Waals surface area contributed by atoms with Crippen LogP contribution in [0, 0.1) is 6.92 Å². The fourth-order valence-electron chi connectivity index (χ4n) is 1.42. The first-order valence-electron chi connectivity index (χ1n) is 5.96. The Balaban J connectivity index is 2.47. The Morgan fingerprint density at radius 3 is 2.85 bits per heavy atom. The predicted molar refractivity (Wildman–Crippen MR) is 66.2 cm³/mol. The smallest absolute Gasteiger partial charge is 0.409 e. The van der Waals surface area contributed by atoms with Crippen LogP contribution in [0.25, 0.3) is 0 Å². The number of carbonyl (C=O) groups excluding carboxylic acids is 1. The Morgan fingerprint density at radius 1 is 1.50 bits per heavy atom.